The van der Waals surface area contributed by atoms with Crippen molar-refractivity contribution in [2.45, 2.75) is 180 Å². The first-order chi connectivity index (χ1) is 31.3. The maximum absolute atomic E-state index is 15.6. The quantitative estimate of drug-likeness (QED) is 0.0557. The molecule has 1 aromatic rings. The third-order valence-electron chi connectivity index (χ3n) is 15.3. The molecule has 0 radical (unpaired) electrons. The molecule has 13 atom stereocenters. The summed E-state index contributed by atoms with van der Waals surface area (Å²) in [6.07, 6.45) is -0.633. The highest BCUT2D eigenvalue weighted by atomic mass is 28.3. The minimum Gasteiger partial charge on any atom is -0.457 e. The highest BCUT2D eigenvalue weighted by Gasteiger charge is 2.60. The predicted molar refractivity (Wildman–Crippen MR) is 260 cm³/mol. The molecule has 3 heterocycles. The lowest BCUT2D eigenvalue weighted by molar-refractivity contribution is -0.284. The number of Topliss-reactive ketones (excluding diaryl/α,β-unsaturated/α-hetero) is 1. The Hall–Kier alpha value is -3.12. The molecule has 3 aliphatic heterocycles. The van der Waals surface area contributed by atoms with E-state index >= 15 is 9.59 Å². The van der Waals surface area contributed by atoms with Crippen molar-refractivity contribution in [3.8, 4) is 0 Å². The summed E-state index contributed by atoms with van der Waals surface area (Å²) in [5, 5.41) is 0. The number of hydrogen-bond donors (Lipinski definition) is 0. The Kier molecular flexibility index (Phi) is 18.3. The average molecular weight is 959 g/mol. The van der Waals surface area contributed by atoms with Crippen LogP contribution in [0.2, 0.25) is 25.7 Å². The first kappa shape index (κ1) is 54.8. The number of ketones is 1. The van der Waals surface area contributed by atoms with Crippen molar-refractivity contribution in [1.82, 2.24) is 19.6 Å². The lowest BCUT2D eigenvalue weighted by Gasteiger charge is -2.48. The zero-order valence-corrected chi connectivity index (χ0v) is 44.8. The van der Waals surface area contributed by atoms with Crippen LogP contribution in [-0.4, -0.2) is 173 Å². The third kappa shape index (κ3) is 12.8. The fourth-order valence-electron chi connectivity index (χ4n) is 10.9. The summed E-state index contributed by atoms with van der Waals surface area (Å²) in [5.41, 5.74) is -3.17. The van der Waals surface area contributed by atoms with E-state index in [1.165, 1.54) is 0 Å². The zero-order chi connectivity index (χ0) is 49.8. The number of cyclic esters (lactones) is 1. The Balaban J connectivity index is 1.54. The van der Waals surface area contributed by atoms with Crippen molar-refractivity contribution in [2.75, 3.05) is 61.6 Å². The van der Waals surface area contributed by atoms with Gasteiger partial charge in [0.25, 0.3) is 0 Å². The number of esters is 1. The zero-order valence-electron chi connectivity index (χ0n) is 43.8. The van der Waals surface area contributed by atoms with Crippen LogP contribution < -0.4 is 0 Å². The predicted octanol–water partition coefficient (Wildman–Crippen LogP) is 7.72. The number of benzene rings is 1. The largest absolute Gasteiger partial charge is 0.457 e. The molecule has 15 nitrogen and oxygen atoms in total. The Morgan fingerprint density at radius 3 is 2.22 bits per heavy atom. The number of hydrogen-bond acceptors (Lipinski definition) is 13. The SMILES string of the molecule is CC[C@H]1OC(=O)C(C)(COCC[Si](C)(C)C)C(=O)[C@H](C)[C@@H](O[C@@H]2O[C@H](CN(C(=O)OCc3ccccc3)C3CC3)CC(N(C)C)[C@H]2C)[C@](C)(OC)C[C@@H](C)CN(C)[C@H](C)[C@H]2N(C)C(=O)O[C@]12C. The molecular formula is C51H86N4O11Si. The number of carbonyl (C=O) groups excluding carboxylic acids is 4. The van der Waals surface area contributed by atoms with Crippen LogP contribution in [0, 0.1) is 23.2 Å². The number of rotatable bonds is 15. The number of fused-ring (bicyclic) bond motifs is 1. The van der Waals surface area contributed by atoms with Gasteiger partial charge in [-0.25, -0.2) is 9.59 Å². The maximum atomic E-state index is 15.6. The van der Waals surface area contributed by atoms with Crippen molar-refractivity contribution < 1.29 is 52.3 Å². The van der Waals surface area contributed by atoms with Gasteiger partial charge in [-0.1, -0.05) is 77.7 Å². The number of amides is 2. The monoisotopic (exact) mass is 959 g/mol. The number of methoxy groups -OCH3 is 1. The molecule has 0 aromatic heterocycles. The van der Waals surface area contributed by atoms with Gasteiger partial charge in [-0.15, -0.1) is 0 Å². The van der Waals surface area contributed by atoms with Crippen LogP contribution >= 0.6 is 0 Å². The van der Waals surface area contributed by atoms with Crippen LogP contribution in [0.25, 0.3) is 0 Å². The van der Waals surface area contributed by atoms with E-state index in [4.69, 9.17) is 33.2 Å². The number of nitrogens with zero attached hydrogens (tertiary/aromatic N) is 4. The van der Waals surface area contributed by atoms with E-state index < -0.39 is 79.1 Å². The minimum atomic E-state index is -1.78. The molecule has 16 heteroatoms. The topological polar surface area (TPSA) is 146 Å². The van der Waals surface area contributed by atoms with Crippen LogP contribution in [0.1, 0.15) is 93.1 Å². The molecule has 0 spiro atoms. The maximum Gasteiger partial charge on any atom is 0.410 e. The Labute approximate surface area is 403 Å². The summed E-state index contributed by atoms with van der Waals surface area (Å²) in [7, 11) is 7.94. The fourth-order valence-corrected chi connectivity index (χ4v) is 11.7. The standard InChI is InChI=1S/C51H86N4O11Si/c1-17-41-51(8)42(54(12)47(58)66-51)36(5)53(11)29-33(2)28-50(7,60-13)44(35(4)43(56)49(6,46(57)64-41)32-61-25-26-67(14,15)16)65-45-34(3)40(52(9)10)27-39(63-45)30-55(38-23-24-38)48(59)62-31-37-21-19-18-20-22-37/h18-22,33-36,38-42,44-45H,17,23-32H2,1-16H3/t33-,34-,35+,36-,39+,40?,41-,42-,44-,45+,49?,50-,51-/m1/s1. The lowest BCUT2D eigenvalue weighted by Crippen LogP contribution is -2.61. The average Bonchev–Trinajstić information content (AvgIpc) is 4.08. The molecule has 3 saturated heterocycles. The van der Waals surface area contributed by atoms with Gasteiger partial charge in [-0.05, 0) is 98.5 Å². The van der Waals surface area contributed by atoms with Gasteiger partial charge in [0.1, 0.15) is 18.1 Å². The summed E-state index contributed by atoms with van der Waals surface area (Å²) < 4.78 is 45.6. The smallest absolute Gasteiger partial charge is 0.410 e. The summed E-state index contributed by atoms with van der Waals surface area (Å²) in [4.78, 5) is 65.6. The van der Waals surface area contributed by atoms with Crippen molar-refractivity contribution >= 4 is 32.0 Å². The molecule has 1 saturated carbocycles. The van der Waals surface area contributed by atoms with Crippen molar-refractivity contribution in [3.63, 3.8) is 0 Å². The summed E-state index contributed by atoms with van der Waals surface area (Å²) in [6.45, 7) is 23.5. The normalized spacial score (nSPS) is 36.2. The molecule has 2 amide bonds. The lowest BCUT2D eigenvalue weighted by atomic mass is 9.73. The van der Waals surface area contributed by atoms with E-state index in [1.54, 1.807) is 30.9 Å². The summed E-state index contributed by atoms with van der Waals surface area (Å²) >= 11 is 0. The van der Waals surface area contributed by atoms with Crippen LogP contribution in [0.5, 0.6) is 0 Å². The van der Waals surface area contributed by atoms with Gasteiger partial charge >= 0.3 is 18.2 Å². The van der Waals surface area contributed by atoms with Gasteiger partial charge in [0.05, 0.1) is 37.0 Å². The molecule has 4 aliphatic rings. The third-order valence-corrected chi connectivity index (χ3v) is 17.0. The molecule has 1 aromatic carbocycles. The second-order valence-electron chi connectivity index (χ2n) is 22.5. The van der Waals surface area contributed by atoms with E-state index in [9.17, 15) is 9.59 Å². The van der Waals surface area contributed by atoms with Gasteiger partial charge in [-0.2, -0.15) is 0 Å². The molecule has 5 rings (SSSR count). The highest BCUT2D eigenvalue weighted by molar-refractivity contribution is 6.76. The van der Waals surface area contributed by atoms with Gasteiger partial charge in [0.2, 0.25) is 0 Å². The highest BCUT2D eigenvalue weighted by Crippen LogP contribution is 2.43. The molecule has 4 fully saturated rings. The Morgan fingerprint density at radius 2 is 1.64 bits per heavy atom. The van der Waals surface area contributed by atoms with Crippen LogP contribution in [0.15, 0.2) is 30.3 Å². The number of likely N-dealkylation sites (N-methyl/N-ethyl adjacent to an activating group) is 2. The minimum absolute atomic E-state index is 0.000283. The van der Waals surface area contributed by atoms with E-state index in [0.717, 1.165) is 24.4 Å². The van der Waals surface area contributed by atoms with Crippen molar-refractivity contribution in [1.29, 1.82) is 0 Å². The summed E-state index contributed by atoms with van der Waals surface area (Å²) in [5.74, 6) is -2.25. The van der Waals surface area contributed by atoms with Crippen LogP contribution in [0.4, 0.5) is 9.59 Å². The number of ether oxygens (including phenoxy) is 7. The molecule has 380 valence electrons. The van der Waals surface area contributed by atoms with E-state index in [-0.39, 0.29) is 49.3 Å². The first-order valence-corrected chi connectivity index (χ1v) is 28.5. The second-order valence-corrected chi connectivity index (χ2v) is 28.1. The van der Waals surface area contributed by atoms with E-state index in [0.29, 0.717) is 39.0 Å². The fraction of sp³-hybridized carbons (Fsp3) is 0.804. The van der Waals surface area contributed by atoms with Crippen LogP contribution in [0.3, 0.4) is 0 Å². The molecular weight excluding hydrogens is 873 g/mol. The molecule has 1 aliphatic carbocycles. The van der Waals surface area contributed by atoms with Gasteiger partial charge < -0.3 is 52.8 Å². The van der Waals surface area contributed by atoms with Crippen molar-refractivity contribution in [2.24, 2.45) is 23.2 Å². The van der Waals surface area contributed by atoms with E-state index in [2.05, 4.69) is 50.2 Å². The molecule has 2 unspecified atom stereocenters. The summed E-state index contributed by atoms with van der Waals surface area (Å²) in [6, 6.07) is 9.86. The molecule has 0 bridgehead atoms. The number of carbonyl (C=O) groups is 4. The van der Waals surface area contributed by atoms with Gasteiger partial charge in [0.15, 0.2) is 17.7 Å². The van der Waals surface area contributed by atoms with Gasteiger partial charge in [-0.3, -0.25) is 9.59 Å². The van der Waals surface area contributed by atoms with Crippen LogP contribution in [-0.2, 0) is 49.4 Å². The second kappa shape index (κ2) is 22.3. The Morgan fingerprint density at radius 1 is 0.985 bits per heavy atom. The molecule has 0 N–H and O–H groups in total. The van der Waals surface area contributed by atoms with Gasteiger partial charge in [0, 0.05) is 65.3 Å². The molecule has 67 heavy (non-hydrogen) atoms. The Bertz CT molecular complexity index is 1830. The first-order valence-electron chi connectivity index (χ1n) is 24.8. The van der Waals surface area contributed by atoms with Crippen molar-refractivity contribution in [3.05, 3.63) is 35.9 Å². The van der Waals surface area contributed by atoms with E-state index in [1.807, 2.05) is 79.2 Å².